The minimum Gasteiger partial charge on any atom is -0.496 e. The molecular weight excluding hydrogens is 396 g/mol. The average Bonchev–Trinajstić information content (AvgIpc) is 3.04. The van der Waals surface area contributed by atoms with Crippen LogP contribution < -0.4 is 4.74 Å². The Balaban J connectivity index is 1.39. The maximum atomic E-state index is 5.63. The molecule has 0 radical (unpaired) electrons. The van der Waals surface area contributed by atoms with E-state index in [-0.39, 0.29) is 0 Å². The highest BCUT2D eigenvalue weighted by Gasteiger charge is 2.20. The molecule has 0 unspecified atom stereocenters. The SMILES string of the molecule is COc1ccc(C)cc1CN1CCN(Cn2nc(-c3ccncc3)n(C)c2=S)CC1. The van der Waals surface area contributed by atoms with Gasteiger partial charge in [0.15, 0.2) is 10.6 Å². The van der Waals surface area contributed by atoms with Crippen molar-refractivity contribution >= 4 is 12.2 Å². The summed E-state index contributed by atoms with van der Waals surface area (Å²) in [5, 5.41) is 4.77. The van der Waals surface area contributed by atoms with Crippen molar-refractivity contribution in [2.75, 3.05) is 33.3 Å². The maximum Gasteiger partial charge on any atom is 0.199 e. The molecule has 0 spiro atoms. The first-order valence-corrected chi connectivity index (χ1v) is 10.6. The number of aromatic nitrogens is 4. The molecule has 4 rings (SSSR count). The van der Waals surface area contributed by atoms with Crippen LogP contribution >= 0.6 is 12.2 Å². The molecule has 8 heteroatoms. The van der Waals surface area contributed by atoms with Crippen molar-refractivity contribution in [3.05, 3.63) is 58.6 Å². The van der Waals surface area contributed by atoms with E-state index in [1.54, 1.807) is 19.5 Å². The van der Waals surface area contributed by atoms with E-state index in [2.05, 4.69) is 39.9 Å². The standard InChI is InChI=1S/C22H28N6OS/c1-17-4-5-20(29-3)19(14-17)15-26-10-12-27(13-11-26)16-28-22(30)25(2)21(24-28)18-6-8-23-9-7-18/h4-9,14H,10-13,15-16H2,1-3H3. The van der Waals surface area contributed by atoms with Crippen molar-refractivity contribution in [1.82, 2.24) is 29.1 Å². The zero-order valence-electron chi connectivity index (χ0n) is 17.8. The van der Waals surface area contributed by atoms with Crippen molar-refractivity contribution < 1.29 is 4.74 Å². The van der Waals surface area contributed by atoms with E-state index in [1.165, 1.54) is 11.1 Å². The minimum atomic E-state index is 0.708. The van der Waals surface area contributed by atoms with Crippen molar-refractivity contribution in [1.29, 1.82) is 0 Å². The molecule has 0 saturated carbocycles. The van der Waals surface area contributed by atoms with Crippen molar-refractivity contribution in [3.63, 3.8) is 0 Å². The number of hydrogen-bond acceptors (Lipinski definition) is 6. The van der Waals surface area contributed by atoms with Crippen LogP contribution in [0.25, 0.3) is 11.4 Å². The third kappa shape index (κ3) is 4.45. The van der Waals surface area contributed by atoms with Crippen LogP contribution in [0, 0.1) is 11.7 Å². The molecule has 1 aliphatic heterocycles. The minimum absolute atomic E-state index is 0.708. The van der Waals surface area contributed by atoms with Crippen LogP contribution in [0.3, 0.4) is 0 Å². The van der Waals surface area contributed by atoms with Gasteiger partial charge in [-0.1, -0.05) is 17.7 Å². The Morgan fingerprint density at radius 3 is 2.43 bits per heavy atom. The quantitative estimate of drug-likeness (QED) is 0.567. The molecule has 0 amide bonds. The lowest BCUT2D eigenvalue weighted by molar-refractivity contribution is 0.0975. The highest BCUT2D eigenvalue weighted by atomic mass is 32.1. The first-order valence-electron chi connectivity index (χ1n) is 10.2. The monoisotopic (exact) mass is 424 g/mol. The normalized spacial score (nSPS) is 15.4. The van der Waals surface area contributed by atoms with Gasteiger partial charge in [0.25, 0.3) is 0 Å². The summed E-state index contributed by atoms with van der Waals surface area (Å²) in [6, 6.07) is 10.3. The number of benzene rings is 1. The zero-order valence-corrected chi connectivity index (χ0v) is 18.6. The molecule has 0 atom stereocenters. The van der Waals surface area contributed by atoms with Gasteiger partial charge in [-0.3, -0.25) is 14.8 Å². The Labute approximate surface area is 182 Å². The molecular formula is C22H28N6OS. The molecule has 0 N–H and O–H groups in total. The summed E-state index contributed by atoms with van der Waals surface area (Å²) in [5.74, 6) is 1.83. The first kappa shape index (κ1) is 20.7. The molecule has 158 valence electrons. The zero-order chi connectivity index (χ0) is 21.1. The summed E-state index contributed by atoms with van der Waals surface area (Å²) in [7, 11) is 3.71. The van der Waals surface area contributed by atoms with E-state index < -0.39 is 0 Å². The lowest BCUT2D eigenvalue weighted by Gasteiger charge is -2.34. The molecule has 3 aromatic rings. The van der Waals surface area contributed by atoms with Gasteiger partial charge in [0, 0.05) is 63.3 Å². The topological polar surface area (TPSA) is 51.4 Å². The van der Waals surface area contributed by atoms with Gasteiger partial charge in [-0.15, -0.1) is 0 Å². The predicted molar refractivity (Wildman–Crippen MR) is 120 cm³/mol. The molecule has 1 fully saturated rings. The van der Waals surface area contributed by atoms with Crippen molar-refractivity contribution in [2.45, 2.75) is 20.1 Å². The maximum absolute atomic E-state index is 5.63. The van der Waals surface area contributed by atoms with Gasteiger partial charge >= 0.3 is 0 Å². The van der Waals surface area contributed by atoms with Crippen molar-refractivity contribution in [3.8, 4) is 17.1 Å². The van der Waals surface area contributed by atoms with E-state index in [0.29, 0.717) is 6.67 Å². The number of ether oxygens (including phenoxy) is 1. The Morgan fingerprint density at radius 1 is 1.03 bits per heavy atom. The number of aryl methyl sites for hydroxylation is 1. The number of methoxy groups -OCH3 is 1. The van der Waals surface area contributed by atoms with Gasteiger partial charge in [-0.05, 0) is 37.3 Å². The number of nitrogens with zero attached hydrogens (tertiary/aromatic N) is 6. The second-order valence-electron chi connectivity index (χ2n) is 7.75. The second kappa shape index (κ2) is 9.07. The first-order chi connectivity index (χ1) is 14.5. The predicted octanol–water partition coefficient (Wildman–Crippen LogP) is 3.11. The molecule has 0 bridgehead atoms. The Kier molecular flexibility index (Phi) is 6.26. The van der Waals surface area contributed by atoms with Gasteiger partial charge in [0.1, 0.15) is 5.75 Å². The summed E-state index contributed by atoms with van der Waals surface area (Å²) in [5.41, 5.74) is 3.54. The van der Waals surface area contributed by atoms with E-state index in [9.17, 15) is 0 Å². The second-order valence-corrected chi connectivity index (χ2v) is 8.12. The van der Waals surface area contributed by atoms with Gasteiger partial charge in [0.05, 0.1) is 13.8 Å². The fourth-order valence-corrected chi connectivity index (χ4v) is 4.07. The smallest absolute Gasteiger partial charge is 0.199 e. The summed E-state index contributed by atoms with van der Waals surface area (Å²) in [6.45, 7) is 7.72. The molecule has 0 aliphatic carbocycles. The number of pyridine rings is 1. The van der Waals surface area contributed by atoms with E-state index in [0.717, 1.165) is 54.6 Å². The fourth-order valence-electron chi connectivity index (χ4n) is 3.88. The molecule has 7 nitrogen and oxygen atoms in total. The van der Waals surface area contributed by atoms with Crippen LogP contribution in [0.1, 0.15) is 11.1 Å². The van der Waals surface area contributed by atoms with Crippen LogP contribution in [-0.2, 0) is 20.3 Å². The van der Waals surface area contributed by atoms with E-state index in [4.69, 9.17) is 22.1 Å². The van der Waals surface area contributed by atoms with Crippen LogP contribution in [0.15, 0.2) is 42.7 Å². The molecule has 1 aromatic carbocycles. The largest absolute Gasteiger partial charge is 0.496 e. The summed E-state index contributed by atoms with van der Waals surface area (Å²) >= 11 is 5.63. The lowest BCUT2D eigenvalue weighted by Crippen LogP contribution is -2.46. The molecule has 3 heterocycles. The van der Waals surface area contributed by atoms with Crippen molar-refractivity contribution in [2.24, 2.45) is 7.05 Å². The van der Waals surface area contributed by atoms with Crippen LogP contribution in [0.2, 0.25) is 0 Å². The van der Waals surface area contributed by atoms with Gasteiger partial charge in [0.2, 0.25) is 0 Å². The highest BCUT2D eigenvalue weighted by Crippen LogP contribution is 2.22. The third-order valence-electron chi connectivity index (χ3n) is 5.61. The Hall–Kier alpha value is -2.55. The fraction of sp³-hybridized carbons (Fsp3) is 0.409. The lowest BCUT2D eigenvalue weighted by atomic mass is 10.1. The van der Waals surface area contributed by atoms with Gasteiger partial charge in [-0.25, -0.2) is 4.68 Å². The van der Waals surface area contributed by atoms with E-state index >= 15 is 0 Å². The Morgan fingerprint density at radius 2 is 1.73 bits per heavy atom. The van der Waals surface area contributed by atoms with Gasteiger partial charge in [-0.2, -0.15) is 5.10 Å². The average molecular weight is 425 g/mol. The number of hydrogen-bond donors (Lipinski definition) is 0. The summed E-state index contributed by atoms with van der Waals surface area (Å²) < 4.78 is 10.2. The Bertz CT molecular complexity index is 1050. The van der Waals surface area contributed by atoms with Gasteiger partial charge < -0.3 is 9.30 Å². The summed E-state index contributed by atoms with van der Waals surface area (Å²) in [4.78, 5) is 8.97. The number of piperazine rings is 1. The number of rotatable bonds is 6. The third-order valence-corrected chi connectivity index (χ3v) is 6.09. The van der Waals surface area contributed by atoms with Crippen LogP contribution in [0.4, 0.5) is 0 Å². The highest BCUT2D eigenvalue weighted by molar-refractivity contribution is 7.71. The summed E-state index contributed by atoms with van der Waals surface area (Å²) in [6.07, 6.45) is 3.56. The molecule has 1 aliphatic rings. The van der Waals surface area contributed by atoms with Crippen LogP contribution in [0.5, 0.6) is 5.75 Å². The van der Waals surface area contributed by atoms with E-state index in [1.807, 2.05) is 28.4 Å². The molecule has 2 aromatic heterocycles. The van der Waals surface area contributed by atoms with Crippen LogP contribution in [-0.4, -0.2) is 62.4 Å². The molecule has 30 heavy (non-hydrogen) atoms. The molecule has 1 saturated heterocycles.